The number of furan rings is 1. The van der Waals surface area contributed by atoms with E-state index in [4.69, 9.17) is 9.40 Å². The van der Waals surface area contributed by atoms with E-state index in [1.54, 1.807) is 6.26 Å². The van der Waals surface area contributed by atoms with E-state index in [1.807, 2.05) is 54.6 Å². The van der Waals surface area contributed by atoms with Crippen LogP contribution in [0.25, 0.3) is 21.9 Å². The number of aromatic nitrogens is 1. The van der Waals surface area contributed by atoms with Crippen LogP contribution in [-0.2, 0) is 0 Å². The summed E-state index contributed by atoms with van der Waals surface area (Å²) < 4.78 is 5.70. The van der Waals surface area contributed by atoms with Gasteiger partial charge in [0, 0.05) is 55.9 Å². The van der Waals surface area contributed by atoms with Gasteiger partial charge in [-0.3, -0.25) is 9.69 Å². The number of carbonyl (C=O) groups excluding carboxylic acids is 1. The minimum atomic E-state index is -0.0530. The van der Waals surface area contributed by atoms with Gasteiger partial charge in [0.15, 0.2) is 0 Å². The fourth-order valence-electron chi connectivity index (χ4n) is 3.95. The van der Waals surface area contributed by atoms with Crippen LogP contribution in [0.1, 0.15) is 10.4 Å². The second-order valence-corrected chi connectivity index (χ2v) is 7.69. The predicted octanol–water partition coefficient (Wildman–Crippen LogP) is 3.36. The quantitative estimate of drug-likeness (QED) is 0.448. The molecule has 3 heterocycles. The van der Waals surface area contributed by atoms with E-state index in [9.17, 15) is 4.79 Å². The number of para-hydroxylation sites is 1. The van der Waals surface area contributed by atoms with Gasteiger partial charge in [0.25, 0.3) is 5.91 Å². The summed E-state index contributed by atoms with van der Waals surface area (Å²) >= 11 is 0. The molecule has 0 atom stereocenters. The summed E-state index contributed by atoms with van der Waals surface area (Å²) in [6, 6.07) is 17.3. The van der Waals surface area contributed by atoms with Gasteiger partial charge in [-0.15, -0.1) is 0 Å². The Balaban J connectivity index is 1.26. The highest BCUT2D eigenvalue weighted by atomic mass is 16.3. The maximum atomic E-state index is 12.5. The van der Waals surface area contributed by atoms with Crippen LogP contribution < -0.4 is 16.0 Å². The molecule has 1 aliphatic heterocycles. The normalized spacial score (nSPS) is 14.7. The zero-order valence-corrected chi connectivity index (χ0v) is 17.2. The van der Waals surface area contributed by atoms with Gasteiger partial charge in [0.05, 0.1) is 17.2 Å². The number of pyridine rings is 1. The van der Waals surface area contributed by atoms with E-state index in [0.717, 1.165) is 66.1 Å². The molecule has 0 saturated carbocycles. The van der Waals surface area contributed by atoms with Crippen LogP contribution >= 0.6 is 0 Å². The smallest absolute Gasteiger partial charge is 0.251 e. The van der Waals surface area contributed by atoms with Crippen molar-refractivity contribution >= 4 is 39.3 Å². The number of hydrogen-bond acceptors (Lipinski definition) is 6. The number of carbonyl (C=O) groups is 1. The van der Waals surface area contributed by atoms with E-state index in [-0.39, 0.29) is 5.91 Å². The lowest BCUT2D eigenvalue weighted by Crippen LogP contribution is -2.46. The van der Waals surface area contributed by atoms with Gasteiger partial charge >= 0.3 is 0 Å². The van der Waals surface area contributed by atoms with Crippen LogP contribution in [0.2, 0.25) is 0 Å². The molecule has 7 heteroatoms. The highest BCUT2D eigenvalue weighted by Crippen LogP contribution is 2.31. The Morgan fingerprint density at radius 1 is 1.03 bits per heavy atom. The van der Waals surface area contributed by atoms with Crippen molar-refractivity contribution < 1.29 is 9.21 Å². The summed E-state index contributed by atoms with van der Waals surface area (Å²) in [5.41, 5.74) is 3.19. The Bertz CT molecular complexity index is 1200. The van der Waals surface area contributed by atoms with Crippen LogP contribution in [0, 0.1) is 0 Å². The summed E-state index contributed by atoms with van der Waals surface area (Å²) in [7, 11) is 0. The number of benzene rings is 2. The Hall–Kier alpha value is -3.42. The summed E-state index contributed by atoms with van der Waals surface area (Å²) in [5.74, 6) is 0.679. The van der Waals surface area contributed by atoms with Gasteiger partial charge in [-0.05, 0) is 42.5 Å². The number of nitrogens with one attached hydrogen (secondary N) is 3. The standard InChI is InChI=1S/C24H25N5O2/c30-24(26-12-15-29-13-10-25-11-14-29)17-5-7-18(8-6-17)27-23-20-9-16-31-22(20)19-3-1-2-4-21(19)28-23/h1-9,16,25H,10-15H2,(H,26,30)(H,27,28). The first-order valence-electron chi connectivity index (χ1n) is 10.6. The molecular formula is C24H25N5O2. The number of rotatable bonds is 6. The van der Waals surface area contributed by atoms with Crippen LogP contribution in [-0.4, -0.2) is 55.1 Å². The first-order chi connectivity index (χ1) is 15.3. The molecule has 158 valence electrons. The minimum absolute atomic E-state index is 0.0530. The van der Waals surface area contributed by atoms with Gasteiger partial charge < -0.3 is 20.4 Å². The van der Waals surface area contributed by atoms with Crippen molar-refractivity contribution in [2.45, 2.75) is 0 Å². The topological polar surface area (TPSA) is 82.4 Å². The SMILES string of the molecule is O=C(NCCN1CCNCC1)c1ccc(Nc2nc3ccccc3c3occc23)cc1. The van der Waals surface area contributed by atoms with Crippen molar-refractivity contribution in [3.8, 4) is 0 Å². The number of amides is 1. The molecule has 7 nitrogen and oxygen atoms in total. The van der Waals surface area contributed by atoms with Gasteiger partial charge in [0.2, 0.25) is 0 Å². The van der Waals surface area contributed by atoms with Gasteiger partial charge in [-0.25, -0.2) is 4.98 Å². The van der Waals surface area contributed by atoms with Crippen LogP contribution in [0.3, 0.4) is 0 Å². The zero-order chi connectivity index (χ0) is 21.0. The van der Waals surface area contributed by atoms with Crippen molar-refractivity contribution in [2.24, 2.45) is 0 Å². The number of piperazine rings is 1. The molecular weight excluding hydrogens is 390 g/mol. The number of fused-ring (bicyclic) bond motifs is 3. The van der Waals surface area contributed by atoms with Crippen LogP contribution in [0.4, 0.5) is 11.5 Å². The molecule has 1 saturated heterocycles. The molecule has 1 amide bonds. The molecule has 5 rings (SSSR count). The second-order valence-electron chi connectivity index (χ2n) is 7.69. The monoisotopic (exact) mass is 415 g/mol. The fourth-order valence-corrected chi connectivity index (χ4v) is 3.95. The third-order valence-corrected chi connectivity index (χ3v) is 5.63. The zero-order valence-electron chi connectivity index (χ0n) is 17.2. The lowest BCUT2D eigenvalue weighted by Gasteiger charge is -2.27. The Morgan fingerprint density at radius 3 is 2.68 bits per heavy atom. The first kappa shape index (κ1) is 19.5. The molecule has 31 heavy (non-hydrogen) atoms. The third kappa shape index (κ3) is 4.23. The summed E-state index contributed by atoms with van der Waals surface area (Å²) in [5, 5.41) is 11.6. The molecule has 1 aliphatic rings. The van der Waals surface area contributed by atoms with Crippen molar-refractivity contribution in [2.75, 3.05) is 44.6 Å². The summed E-state index contributed by atoms with van der Waals surface area (Å²) in [4.78, 5) is 19.6. The maximum Gasteiger partial charge on any atom is 0.251 e. The lowest BCUT2D eigenvalue weighted by molar-refractivity contribution is 0.0947. The lowest BCUT2D eigenvalue weighted by atomic mass is 10.1. The minimum Gasteiger partial charge on any atom is -0.463 e. The van der Waals surface area contributed by atoms with E-state index in [1.165, 1.54) is 0 Å². The van der Waals surface area contributed by atoms with Crippen molar-refractivity contribution in [3.05, 3.63) is 66.4 Å². The van der Waals surface area contributed by atoms with E-state index in [0.29, 0.717) is 12.1 Å². The van der Waals surface area contributed by atoms with Crippen molar-refractivity contribution in [3.63, 3.8) is 0 Å². The Kier molecular flexibility index (Phi) is 5.52. The molecule has 0 unspecified atom stereocenters. The molecule has 3 N–H and O–H groups in total. The first-order valence-corrected chi connectivity index (χ1v) is 10.6. The Morgan fingerprint density at radius 2 is 1.84 bits per heavy atom. The van der Waals surface area contributed by atoms with Crippen LogP contribution in [0.15, 0.2) is 65.3 Å². The maximum absolute atomic E-state index is 12.5. The number of anilines is 2. The van der Waals surface area contributed by atoms with Crippen LogP contribution in [0.5, 0.6) is 0 Å². The average molecular weight is 415 g/mol. The highest BCUT2D eigenvalue weighted by Gasteiger charge is 2.12. The van der Waals surface area contributed by atoms with Crippen molar-refractivity contribution in [1.29, 1.82) is 0 Å². The molecule has 1 fully saturated rings. The average Bonchev–Trinajstić information content (AvgIpc) is 3.31. The van der Waals surface area contributed by atoms with E-state index in [2.05, 4.69) is 20.9 Å². The third-order valence-electron chi connectivity index (χ3n) is 5.63. The van der Waals surface area contributed by atoms with Gasteiger partial charge in [0.1, 0.15) is 11.4 Å². The number of hydrogen-bond donors (Lipinski definition) is 3. The van der Waals surface area contributed by atoms with Gasteiger partial charge in [-0.2, -0.15) is 0 Å². The second kappa shape index (κ2) is 8.75. The molecule has 0 bridgehead atoms. The molecule has 0 aliphatic carbocycles. The molecule has 0 radical (unpaired) electrons. The predicted molar refractivity (Wildman–Crippen MR) is 123 cm³/mol. The molecule has 2 aromatic heterocycles. The fraction of sp³-hybridized carbons (Fsp3) is 0.250. The molecule has 2 aromatic carbocycles. The van der Waals surface area contributed by atoms with Gasteiger partial charge in [-0.1, -0.05) is 12.1 Å². The number of nitrogens with zero attached hydrogens (tertiary/aromatic N) is 2. The highest BCUT2D eigenvalue weighted by molar-refractivity contribution is 6.07. The molecule has 0 spiro atoms. The Labute approximate surface area is 180 Å². The van der Waals surface area contributed by atoms with E-state index < -0.39 is 0 Å². The molecule has 4 aromatic rings. The largest absolute Gasteiger partial charge is 0.463 e. The summed E-state index contributed by atoms with van der Waals surface area (Å²) in [6.07, 6.45) is 1.68. The van der Waals surface area contributed by atoms with Crippen molar-refractivity contribution in [1.82, 2.24) is 20.5 Å². The summed E-state index contributed by atoms with van der Waals surface area (Å²) in [6.45, 7) is 5.62. The van der Waals surface area contributed by atoms with E-state index >= 15 is 0 Å².